The summed E-state index contributed by atoms with van der Waals surface area (Å²) in [6.07, 6.45) is 2.26. The fourth-order valence-electron chi connectivity index (χ4n) is 3.75. The smallest absolute Gasteiger partial charge is 0.210 e. The van der Waals surface area contributed by atoms with Crippen LogP contribution in [0.1, 0.15) is 18.1 Å². The number of sulfone groups is 1. The molecule has 0 amide bonds. The summed E-state index contributed by atoms with van der Waals surface area (Å²) in [5.74, 6) is 0. The molecule has 0 saturated carbocycles. The van der Waals surface area contributed by atoms with Crippen LogP contribution in [0.4, 0.5) is 0 Å². The third-order valence-corrected chi connectivity index (χ3v) is 7.23. The van der Waals surface area contributed by atoms with Gasteiger partial charge < -0.3 is 0 Å². The summed E-state index contributed by atoms with van der Waals surface area (Å²) in [7, 11) is -3.84. The maximum Gasteiger partial charge on any atom is 0.210 e. The second-order valence-electron chi connectivity index (χ2n) is 7.48. The number of pyridine rings is 1. The van der Waals surface area contributed by atoms with Crippen LogP contribution in [-0.4, -0.2) is 28.4 Å². The van der Waals surface area contributed by atoms with Crippen molar-refractivity contribution in [3.63, 3.8) is 0 Å². The first-order chi connectivity index (χ1) is 15.0. The minimum absolute atomic E-state index is 0.102. The Morgan fingerprint density at radius 1 is 0.935 bits per heavy atom. The minimum Gasteiger partial charge on any atom is -0.255 e. The molecule has 5 rings (SSSR count). The Labute approximate surface area is 180 Å². The van der Waals surface area contributed by atoms with Crippen LogP contribution in [0, 0.1) is 6.92 Å². The van der Waals surface area contributed by atoms with Gasteiger partial charge in [0.25, 0.3) is 0 Å². The van der Waals surface area contributed by atoms with Crippen molar-refractivity contribution in [3.8, 4) is 5.69 Å². The standard InChI is InChI=1S/C24H20N4O2S/c1-3-17-9-11-18(12-10-17)31(29,30)23-15-25-20-13-8-16(2)14-19(20)24(23)28-22-7-5-4-6-21(22)26-27-28/h4-15H,3H2,1-2H3. The lowest BCUT2D eigenvalue weighted by molar-refractivity contribution is 0.594. The lowest BCUT2D eigenvalue weighted by Crippen LogP contribution is -2.10. The topological polar surface area (TPSA) is 77.7 Å². The van der Waals surface area contributed by atoms with Crippen molar-refractivity contribution in [2.45, 2.75) is 30.1 Å². The van der Waals surface area contributed by atoms with Gasteiger partial charge in [-0.3, -0.25) is 4.98 Å². The van der Waals surface area contributed by atoms with Crippen LogP contribution >= 0.6 is 0 Å². The van der Waals surface area contributed by atoms with Crippen molar-refractivity contribution >= 4 is 31.8 Å². The number of benzene rings is 3. The van der Waals surface area contributed by atoms with E-state index in [1.165, 1.54) is 6.20 Å². The van der Waals surface area contributed by atoms with E-state index in [1.54, 1.807) is 16.8 Å². The largest absolute Gasteiger partial charge is 0.255 e. The van der Waals surface area contributed by atoms with E-state index in [9.17, 15) is 8.42 Å². The average molecular weight is 429 g/mol. The van der Waals surface area contributed by atoms with Gasteiger partial charge in [0.1, 0.15) is 10.4 Å². The number of fused-ring (bicyclic) bond motifs is 2. The van der Waals surface area contributed by atoms with E-state index in [2.05, 4.69) is 15.3 Å². The Kier molecular flexibility index (Phi) is 4.55. The molecular weight excluding hydrogens is 408 g/mol. The molecule has 2 aromatic heterocycles. The van der Waals surface area contributed by atoms with Gasteiger partial charge in [0.05, 0.1) is 21.6 Å². The molecule has 0 saturated heterocycles. The number of aromatic nitrogens is 4. The fourth-order valence-corrected chi connectivity index (χ4v) is 5.15. The number of rotatable bonds is 4. The van der Waals surface area contributed by atoms with E-state index in [0.29, 0.717) is 22.1 Å². The molecule has 0 atom stereocenters. The number of hydrogen-bond donors (Lipinski definition) is 0. The molecule has 0 aliphatic carbocycles. The van der Waals surface area contributed by atoms with Crippen molar-refractivity contribution < 1.29 is 8.42 Å². The summed E-state index contributed by atoms with van der Waals surface area (Å²) in [6, 6.07) is 20.3. The Morgan fingerprint density at radius 3 is 2.48 bits per heavy atom. The third-order valence-electron chi connectivity index (χ3n) is 5.46. The maximum absolute atomic E-state index is 13.7. The lowest BCUT2D eigenvalue weighted by atomic mass is 10.1. The first-order valence-electron chi connectivity index (χ1n) is 10.0. The van der Waals surface area contributed by atoms with Crippen LogP contribution in [0.3, 0.4) is 0 Å². The van der Waals surface area contributed by atoms with E-state index in [-0.39, 0.29) is 9.79 Å². The number of para-hydroxylation sites is 1. The molecule has 2 heterocycles. The molecule has 31 heavy (non-hydrogen) atoms. The molecule has 7 heteroatoms. The highest BCUT2D eigenvalue weighted by atomic mass is 32.2. The predicted molar refractivity (Wildman–Crippen MR) is 120 cm³/mol. The summed E-state index contributed by atoms with van der Waals surface area (Å²) in [4.78, 5) is 4.79. The average Bonchev–Trinajstić information content (AvgIpc) is 3.22. The molecule has 5 aromatic rings. The van der Waals surface area contributed by atoms with Gasteiger partial charge in [0, 0.05) is 11.6 Å². The Morgan fingerprint density at radius 2 is 1.71 bits per heavy atom. The highest BCUT2D eigenvalue weighted by molar-refractivity contribution is 7.91. The van der Waals surface area contributed by atoms with Gasteiger partial charge in [-0.05, 0) is 55.3 Å². The normalized spacial score (nSPS) is 11.9. The zero-order chi connectivity index (χ0) is 21.6. The molecule has 0 aliphatic rings. The molecule has 0 bridgehead atoms. The minimum atomic E-state index is -3.84. The number of hydrogen-bond acceptors (Lipinski definition) is 5. The molecule has 3 aromatic carbocycles. The van der Waals surface area contributed by atoms with Gasteiger partial charge in [-0.25, -0.2) is 13.1 Å². The van der Waals surface area contributed by atoms with E-state index in [1.807, 2.05) is 68.4 Å². The Hall–Kier alpha value is -3.58. The SMILES string of the molecule is CCc1ccc(S(=O)(=O)c2cnc3ccc(C)cc3c2-n2nnc3ccccc32)cc1. The second kappa shape index (κ2) is 7.28. The fraction of sp³-hybridized carbons (Fsp3) is 0.125. The van der Waals surface area contributed by atoms with Crippen LogP contribution in [0.5, 0.6) is 0 Å². The van der Waals surface area contributed by atoms with Gasteiger partial charge in [-0.1, -0.05) is 48.0 Å². The van der Waals surface area contributed by atoms with E-state index >= 15 is 0 Å². The molecule has 0 unspecified atom stereocenters. The number of nitrogens with zero attached hydrogens (tertiary/aromatic N) is 4. The van der Waals surface area contributed by atoms with Crippen LogP contribution < -0.4 is 0 Å². The summed E-state index contributed by atoms with van der Waals surface area (Å²) >= 11 is 0. The first-order valence-corrected chi connectivity index (χ1v) is 11.5. The summed E-state index contributed by atoms with van der Waals surface area (Å²) in [5, 5.41) is 9.27. The van der Waals surface area contributed by atoms with Crippen molar-refractivity contribution in [2.75, 3.05) is 0 Å². The van der Waals surface area contributed by atoms with Gasteiger partial charge in [0.2, 0.25) is 9.84 Å². The molecule has 154 valence electrons. The van der Waals surface area contributed by atoms with Crippen LogP contribution in [0.25, 0.3) is 27.6 Å². The molecule has 0 N–H and O–H groups in total. The van der Waals surface area contributed by atoms with Gasteiger partial charge in [-0.15, -0.1) is 5.10 Å². The van der Waals surface area contributed by atoms with Crippen molar-refractivity contribution in [3.05, 3.63) is 84.1 Å². The van der Waals surface area contributed by atoms with Gasteiger partial charge in [0.15, 0.2) is 0 Å². The monoisotopic (exact) mass is 428 g/mol. The molecule has 0 aliphatic heterocycles. The zero-order valence-corrected chi connectivity index (χ0v) is 18.0. The molecule has 0 fully saturated rings. The van der Waals surface area contributed by atoms with Crippen molar-refractivity contribution in [2.24, 2.45) is 0 Å². The summed E-state index contributed by atoms with van der Waals surface area (Å²) < 4.78 is 29.0. The van der Waals surface area contributed by atoms with E-state index < -0.39 is 9.84 Å². The van der Waals surface area contributed by atoms with Gasteiger partial charge in [-0.2, -0.15) is 0 Å². The Bertz CT molecular complexity index is 1540. The summed E-state index contributed by atoms with van der Waals surface area (Å²) in [6.45, 7) is 4.00. The zero-order valence-electron chi connectivity index (χ0n) is 17.1. The highest BCUT2D eigenvalue weighted by Gasteiger charge is 2.26. The molecule has 0 spiro atoms. The second-order valence-corrected chi connectivity index (χ2v) is 9.40. The Balaban J connectivity index is 1.86. The van der Waals surface area contributed by atoms with Crippen molar-refractivity contribution in [1.29, 1.82) is 0 Å². The quantitative estimate of drug-likeness (QED) is 0.416. The predicted octanol–water partition coefficient (Wildman–Crippen LogP) is 4.67. The van der Waals surface area contributed by atoms with E-state index in [0.717, 1.165) is 23.1 Å². The van der Waals surface area contributed by atoms with Crippen LogP contribution in [-0.2, 0) is 16.3 Å². The summed E-state index contributed by atoms with van der Waals surface area (Å²) in [5.41, 5.74) is 4.66. The van der Waals surface area contributed by atoms with E-state index in [4.69, 9.17) is 0 Å². The molecule has 6 nitrogen and oxygen atoms in total. The maximum atomic E-state index is 13.7. The lowest BCUT2D eigenvalue weighted by Gasteiger charge is -2.14. The van der Waals surface area contributed by atoms with Crippen molar-refractivity contribution in [1.82, 2.24) is 20.0 Å². The van der Waals surface area contributed by atoms with Crippen LogP contribution in [0.15, 0.2) is 82.7 Å². The molecule has 0 radical (unpaired) electrons. The third kappa shape index (κ3) is 3.18. The first kappa shape index (κ1) is 19.4. The highest BCUT2D eigenvalue weighted by Crippen LogP contribution is 2.33. The molecular formula is C24H20N4O2S. The van der Waals surface area contributed by atoms with Crippen LogP contribution in [0.2, 0.25) is 0 Å². The number of aryl methyl sites for hydroxylation is 2. The van der Waals surface area contributed by atoms with Gasteiger partial charge >= 0.3 is 0 Å².